The molecule has 19 heavy (non-hydrogen) atoms. The molecule has 0 saturated carbocycles. The highest BCUT2D eigenvalue weighted by atomic mass is 32.1. The quantitative estimate of drug-likeness (QED) is 0.639. The number of thiophene rings is 1. The molecule has 2 rings (SSSR count). The van der Waals surface area contributed by atoms with E-state index in [1.54, 1.807) is 4.90 Å². The minimum Gasteiger partial charge on any atom is -0.395 e. The zero-order valence-corrected chi connectivity index (χ0v) is 11.1. The lowest BCUT2D eigenvalue weighted by molar-refractivity contribution is -0.380. The molecule has 0 aliphatic carbocycles. The first-order valence-corrected chi connectivity index (χ1v) is 6.80. The van der Waals surface area contributed by atoms with E-state index in [9.17, 15) is 14.9 Å². The van der Waals surface area contributed by atoms with Crippen LogP contribution in [0.5, 0.6) is 0 Å². The van der Waals surface area contributed by atoms with Gasteiger partial charge >= 0.3 is 5.00 Å². The molecule has 1 saturated heterocycles. The van der Waals surface area contributed by atoms with Gasteiger partial charge in [-0.05, 0) is 6.07 Å². The van der Waals surface area contributed by atoms with Crippen LogP contribution in [0.2, 0.25) is 0 Å². The maximum Gasteiger partial charge on any atom is 0.324 e. The number of nitro groups is 1. The fourth-order valence-electron chi connectivity index (χ4n) is 2.01. The number of aliphatic hydroxyl groups is 1. The van der Waals surface area contributed by atoms with Crippen molar-refractivity contribution in [2.75, 3.05) is 39.3 Å². The first kappa shape index (κ1) is 13.9. The Kier molecular flexibility index (Phi) is 4.46. The zero-order chi connectivity index (χ0) is 13.8. The summed E-state index contributed by atoms with van der Waals surface area (Å²) in [6.07, 6.45) is 0. The van der Waals surface area contributed by atoms with Gasteiger partial charge in [0.2, 0.25) is 0 Å². The highest BCUT2D eigenvalue weighted by Crippen LogP contribution is 2.25. The molecule has 0 atom stereocenters. The van der Waals surface area contributed by atoms with Crippen LogP contribution in [0.4, 0.5) is 5.00 Å². The third kappa shape index (κ3) is 3.28. The molecule has 1 amide bonds. The number of hydrogen-bond acceptors (Lipinski definition) is 6. The van der Waals surface area contributed by atoms with E-state index < -0.39 is 4.92 Å². The van der Waals surface area contributed by atoms with E-state index in [-0.39, 0.29) is 17.5 Å². The van der Waals surface area contributed by atoms with Crippen molar-refractivity contribution < 1.29 is 14.8 Å². The Morgan fingerprint density at radius 1 is 1.37 bits per heavy atom. The molecule has 0 spiro atoms. The Labute approximate surface area is 114 Å². The summed E-state index contributed by atoms with van der Waals surface area (Å²) in [6, 6.07) is 2.87. The van der Waals surface area contributed by atoms with Gasteiger partial charge in [0.15, 0.2) is 0 Å². The van der Waals surface area contributed by atoms with E-state index in [0.717, 1.165) is 24.4 Å². The molecule has 0 unspecified atom stereocenters. The molecule has 1 aliphatic rings. The molecular weight excluding hydrogens is 270 g/mol. The predicted octanol–water partition coefficient (Wildman–Crippen LogP) is 0.406. The number of hydrogen-bond donors (Lipinski definition) is 1. The van der Waals surface area contributed by atoms with Gasteiger partial charge in [0.1, 0.15) is 0 Å². The number of amides is 1. The van der Waals surface area contributed by atoms with Crippen LogP contribution in [-0.2, 0) is 0 Å². The van der Waals surface area contributed by atoms with Gasteiger partial charge in [-0.2, -0.15) is 0 Å². The number of piperazine rings is 1. The van der Waals surface area contributed by atoms with Gasteiger partial charge in [0, 0.05) is 38.8 Å². The summed E-state index contributed by atoms with van der Waals surface area (Å²) in [7, 11) is 0. The van der Waals surface area contributed by atoms with Crippen LogP contribution < -0.4 is 0 Å². The van der Waals surface area contributed by atoms with Crippen LogP contribution in [0.15, 0.2) is 12.1 Å². The number of rotatable bonds is 4. The second kappa shape index (κ2) is 6.09. The van der Waals surface area contributed by atoms with E-state index in [2.05, 4.69) is 4.90 Å². The number of β-amino-alcohol motifs (C(OH)–C–C–N with tert-alkyl or cyclic N) is 1. The van der Waals surface area contributed by atoms with E-state index in [1.807, 2.05) is 0 Å². The minimum atomic E-state index is -0.485. The summed E-state index contributed by atoms with van der Waals surface area (Å²) in [5.41, 5.74) is 0. The SMILES string of the molecule is O=C(c1ccc([N+](=O)[O-])s1)N1CCN(CCO)CC1. The average Bonchev–Trinajstić information content (AvgIpc) is 2.89. The lowest BCUT2D eigenvalue weighted by Crippen LogP contribution is -2.49. The molecule has 1 aliphatic heterocycles. The van der Waals surface area contributed by atoms with Gasteiger partial charge in [-0.25, -0.2) is 0 Å². The summed E-state index contributed by atoms with van der Waals surface area (Å²) in [5.74, 6) is -0.151. The smallest absolute Gasteiger partial charge is 0.324 e. The fourth-order valence-corrected chi connectivity index (χ4v) is 2.80. The van der Waals surface area contributed by atoms with Crippen LogP contribution in [0.1, 0.15) is 9.67 Å². The van der Waals surface area contributed by atoms with Gasteiger partial charge < -0.3 is 10.0 Å². The summed E-state index contributed by atoms with van der Waals surface area (Å²) >= 11 is 0.910. The third-order valence-corrected chi connectivity index (χ3v) is 4.08. The third-order valence-electron chi connectivity index (χ3n) is 3.06. The Hall–Kier alpha value is -1.51. The second-order valence-corrected chi connectivity index (χ2v) is 5.31. The Balaban J connectivity index is 1.95. The summed E-state index contributed by atoms with van der Waals surface area (Å²) in [6.45, 7) is 3.35. The lowest BCUT2D eigenvalue weighted by Gasteiger charge is -2.34. The number of aliphatic hydroxyl groups excluding tert-OH is 1. The van der Waals surface area contributed by atoms with Gasteiger partial charge in [0.25, 0.3) is 5.91 Å². The van der Waals surface area contributed by atoms with Crippen LogP contribution in [-0.4, -0.2) is 65.1 Å². The highest BCUT2D eigenvalue weighted by Gasteiger charge is 2.24. The van der Waals surface area contributed by atoms with E-state index in [1.165, 1.54) is 12.1 Å². The van der Waals surface area contributed by atoms with Crippen molar-refractivity contribution in [2.24, 2.45) is 0 Å². The fraction of sp³-hybridized carbons (Fsp3) is 0.545. The highest BCUT2D eigenvalue weighted by molar-refractivity contribution is 7.17. The number of nitrogens with zero attached hydrogens (tertiary/aromatic N) is 3. The van der Waals surface area contributed by atoms with Crippen LogP contribution in [0.3, 0.4) is 0 Å². The Morgan fingerprint density at radius 3 is 2.58 bits per heavy atom. The molecule has 8 heteroatoms. The summed E-state index contributed by atoms with van der Waals surface area (Å²) in [5, 5.41) is 19.4. The van der Waals surface area contributed by atoms with Crippen molar-refractivity contribution in [3.63, 3.8) is 0 Å². The van der Waals surface area contributed by atoms with Crippen molar-refractivity contribution in [1.29, 1.82) is 0 Å². The summed E-state index contributed by atoms with van der Waals surface area (Å²) in [4.78, 5) is 26.4. The van der Waals surface area contributed by atoms with Gasteiger partial charge in [-0.1, -0.05) is 11.3 Å². The Morgan fingerprint density at radius 2 is 2.05 bits per heavy atom. The molecule has 0 radical (unpaired) electrons. The van der Waals surface area contributed by atoms with E-state index in [4.69, 9.17) is 5.11 Å². The second-order valence-electron chi connectivity index (χ2n) is 4.25. The molecule has 7 nitrogen and oxygen atoms in total. The molecule has 1 fully saturated rings. The molecule has 104 valence electrons. The molecular formula is C11H15N3O4S. The standard InChI is InChI=1S/C11H15N3O4S/c15-8-7-12-3-5-13(6-4-12)11(16)9-1-2-10(19-9)14(17)18/h1-2,15H,3-8H2. The van der Waals surface area contributed by atoms with E-state index in [0.29, 0.717) is 24.5 Å². The lowest BCUT2D eigenvalue weighted by atomic mass is 10.3. The van der Waals surface area contributed by atoms with Gasteiger partial charge in [-0.3, -0.25) is 19.8 Å². The first-order valence-electron chi connectivity index (χ1n) is 5.98. The number of carbonyl (C=O) groups is 1. The molecule has 1 aromatic heterocycles. The Bertz CT molecular complexity index is 468. The predicted molar refractivity (Wildman–Crippen MR) is 70.4 cm³/mol. The topological polar surface area (TPSA) is 86.9 Å². The van der Waals surface area contributed by atoms with Crippen LogP contribution in [0, 0.1) is 10.1 Å². The largest absolute Gasteiger partial charge is 0.395 e. The maximum absolute atomic E-state index is 12.1. The molecule has 0 bridgehead atoms. The van der Waals surface area contributed by atoms with Crippen LogP contribution in [0.25, 0.3) is 0 Å². The zero-order valence-electron chi connectivity index (χ0n) is 10.3. The van der Waals surface area contributed by atoms with Crippen molar-refractivity contribution in [3.8, 4) is 0 Å². The van der Waals surface area contributed by atoms with Crippen LogP contribution >= 0.6 is 11.3 Å². The molecule has 0 aromatic carbocycles. The van der Waals surface area contributed by atoms with Gasteiger partial charge in [0.05, 0.1) is 16.4 Å². The molecule has 1 aromatic rings. The van der Waals surface area contributed by atoms with Crippen molar-refractivity contribution in [2.45, 2.75) is 0 Å². The van der Waals surface area contributed by atoms with Crippen molar-refractivity contribution in [3.05, 3.63) is 27.1 Å². The monoisotopic (exact) mass is 285 g/mol. The average molecular weight is 285 g/mol. The maximum atomic E-state index is 12.1. The summed E-state index contributed by atoms with van der Waals surface area (Å²) < 4.78 is 0. The van der Waals surface area contributed by atoms with Crippen molar-refractivity contribution >= 4 is 22.2 Å². The minimum absolute atomic E-state index is 0.0118. The normalized spacial score (nSPS) is 16.6. The van der Waals surface area contributed by atoms with Crippen molar-refractivity contribution in [1.82, 2.24) is 9.80 Å². The molecule has 2 heterocycles. The van der Waals surface area contributed by atoms with Gasteiger partial charge in [-0.15, -0.1) is 0 Å². The first-order chi connectivity index (χ1) is 9.11. The molecule has 1 N–H and O–H groups in total. The number of carbonyl (C=O) groups excluding carboxylic acids is 1. The van der Waals surface area contributed by atoms with E-state index >= 15 is 0 Å².